The lowest BCUT2D eigenvalue weighted by molar-refractivity contribution is 0.244. The smallest absolute Gasteiger partial charge is 0.319 e. The molecular formula is C19H23N5OS. The van der Waals surface area contributed by atoms with Crippen molar-refractivity contribution >= 4 is 34.1 Å². The number of aryl methyl sites for hydroxylation is 2. The number of amides is 2. The standard InChI is InChI=1S/C19H23N5OS/c1-12-13(2)22-16-10-14(7-8-15(16)21-12)23-19(25)20-11-17(24(3)4)18-6-5-9-26-18/h5-10,17H,11H2,1-4H3,(H2,20,23,25)/t17-/m1/s1. The minimum absolute atomic E-state index is 0.147. The maximum atomic E-state index is 12.3. The Morgan fingerprint density at radius 3 is 2.54 bits per heavy atom. The topological polar surface area (TPSA) is 70.2 Å². The first-order chi connectivity index (χ1) is 12.4. The SMILES string of the molecule is Cc1nc2ccc(NC(=O)NC[C@H](c3cccs3)N(C)C)cc2nc1C. The second-order valence-corrected chi connectivity index (χ2v) is 7.41. The number of nitrogens with one attached hydrogen (secondary N) is 2. The molecule has 2 heterocycles. The summed E-state index contributed by atoms with van der Waals surface area (Å²) in [6.07, 6.45) is 0. The van der Waals surface area contributed by atoms with Crippen LogP contribution >= 0.6 is 11.3 Å². The van der Waals surface area contributed by atoms with Gasteiger partial charge in [0.15, 0.2) is 0 Å². The predicted octanol–water partition coefficient (Wildman–Crippen LogP) is 3.73. The summed E-state index contributed by atoms with van der Waals surface area (Å²) in [5, 5.41) is 7.87. The van der Waals surface area contributed by atoms with Crippen molar-refractivity contribution in [1.82, 2.24) is 20.2 Å². The van der Waals surface area contributed by atoms with Crippen LogP contribution in [-0.2, 0) is 0 Å². The zero-order valence-corrected chi connectivity index (χ0v) is 16.2. The van der Waals surface area contributed by atoms with Gasteiger partial charge in [-0.2, -0.15) is 0 Å². The first-order valence-corrected chi connectivity index (χ1v) is 9.31. The van der Waals surface area contributed by atoms with Crippen molar-refractivity contribution < 1.29 is 4.79 Å². The molecule has 0 bridgehead atoms. The van der Waals surface area contributed by atoms with Crippen LogP contribution in [-0.4, -0.2) is 41.5 Å². The summed E-state index contributed by atoms with van der Waals surface area (Å²) in [7, 11) is 4.02. The quantitative estimate of drug-likeness (QED) is 0.719. The Morgan fingerprint density at radius 1 is 1.15 bits per heavy atom. The fraction of sp³-hybridized carbons (Fsp3) is 0.316. The third kappa shape index (κ3) is 4.17. The number of carbonyl (C=O) groups excluding carboxylic acids is 1. The highest BCUT2D eigenvalue weighted by atomic mass is 32.1. The number of urea groups is 1. The van der Waals surface area contributed by atoms with Crippen LogP contribution in [0, 0.1) is 13.8 Å². The van der Waals surface area contributed by atoms with E-state index in [2.05, 4.69) is 31.6 Å². The number of benzene rings is 1. The summed E-state index contributed by atoms with van der Waals surface area (Å²) in [6, 6.07) is 9.58. The number of carbonyl (C=O) groups is 1. The molecule has 2 amide bonds. The Balaban J connectivity index is 1.66. The van der Waals surface area contributed by atoms with Gasteiger partial charge in [-0.3, -0.25) is 0 Å². The number of hydrogen-bond donors (Lipinski definition) is 2. The number of likely N-dealkylation sites (N-methyl/N-ethyl adjacent to an activating group) is 1. The second kappa shape index (κ2) is 7.80. The molecule has 26 heavy (non-hydrogen) atoms. The summed E-state index contributed by atoms with van der Waals surface area (Å²) < 4.78 is 0. The lowest BCUT2D eigenvalue weighted by Crippen LogP contribution is -2.36. The van der Waals surface area contributed by atoms with Gasteiger partial charge in [-0.15, -0.1) is 11.3 Å². The summed E-state index contributed by atoms with van der Waals surface area (Å²) in [5.74, 6) is 0. The molecule has 2 N–H and O–H groups in total. The van der Waals surface area contributed by atoms with E-state index in [1.54, 1.807) is 11.3 Å². The molecule has 1 atom stereocenters. The number of nitrogens with zero attached hydrogens (tertiary/aromatic N) is 3. The van der Waals surface area contributed by atoms with Gasteiger partial charge in [0.1, 0.15) is 0 Å². The molecule has 136 valence electrons. The van der Waals surface area contributed by atoms with Crippen LogP contribution in [0.15, 0.2) is 35.7 Å². The van der Waals surface area contributed by atoms with Gasteiger partial charge in [0, 0.05) is 17.1 Å². The zero-order chi connectivity index (χ0) is 18.7. The van der Waals surface area contributed by atoms with E-state index in [0.29, 0.717) is 12.2 Å². The minimum Gasteiger partial charge on any atom is -0.336 e. The van der Waals surface area contributed by atoms with Crippen LogP contribution in [0.3, 0.4) is 0 Å². The minimum atomic E-state index is -0.232. The molecule has 0 radical (unpaired) electrons. The van der Waals surface area contributed by atoms with E-state index in [1.165, 1.54) is 4.88 Å². The van der Waals surface area contributed by atoms with E-state index < -0.39 is 0 Å². The van der Waals surface area contributed by atoms with Crippen LogP contribution in [0.5, 0.6) is 0 Å². The first kappa shape index (κ1) is 18.3. The van der Waals surface area contributed by atoms with E-state index in [-0.39, 0.29) is 12.1 Å². The van der Waals surface area contributed by atoms with Crippen molar-refractivity contribution in [3.63, 3.8) is 0 Å². The fourth-order valence-corrected chi connectivity index (χ4v) is 3.61. The van der Waals surface area contributed by atoms with Gasteiger partial charge in [-0.05, 0) is 57.6 Å². The van der Waals surface area contributed by atoms with E-state index >= 15 is 0 Å². The second-order valence-electron chi connectivity index (χ2n) is 6.43. The molecule has 6 nitrogen and oxygen atoms in total. The van der Waals surface area contributed by atoms with Crippen LogP contribution in [0.1, 0.15) is 22.3 Å². The Kier molecular flexibility index (Phi) is 5.49. The third-order valence-corrected chi connectivity index (χ3v) is 5.26. The zero-order valence-electron chi connectivity index (χ0n) is 15.4. The van der Waals surface area contributed by atoms with Gasteiger partial charge in [-0.1, -0.05) is 6.07 Å². The van der Waals surface area contributed by atoms with Crippen molar-refractivity contribution in [3.8, 4) is 0 Å². The Labute approximate surface area is 157 Å². The Morgan fingerprint density at radius 2 is 1.88 bits per heavy atom. The molecule has 0 saturated carbocycles. The number of aromatic nitrogens is 2. The number of anilines is 1. The van der Waals surface area contributed by atoms with Crippen LogP contribution in [0.4, 0.5) is 10.5 Å². The maximum absolute atomic E-state index is 12.3. The number of fused-ring (bicyclic) bond motifs is 1. The molecule has 7 heteroatoms. The van der Waals surface area contributed by atoms with Crippen molar-refractivity contribution in [1.29, 1.82) is 0 Å². The van der Waals surface area contributed by atoms with Crippen molar-refractivity contribution in [3.05, 3.63) is 52.0 Å². The normalized spacial score (nSPS) is 12.3. The number of thiophene rings is 1. The van der Waals surface area contributed by atoms with Gasteiger partial charge in [0.25, 0.3) is 0 Å². The molecule has 2 aromatic heterocycles. The molecule has 3 aromatic rings. The summed E-state index contributed by atoms with van der Waals surface area (Å²) in [4.78, 5) is 24.7. The maximum Gasteiger partial charge on any atom is 0.319 e. The first-order valence-electron chi connectivity index (χ1n) is 8.43. The number of rotatable bonds is 5. The molecule has 0 aliphatic carbocycles. The molecular weight excluding hydrogens is 346 g/mol. The molecule has 0 saturated heterocycles. The highest BCUT2D eigenvalue weighted by molar-refractivity contribution is 7.10. The summed E-state index contributed by atoms with van der Waals surface area (Å²) in [6.45, 7) is 4.40. The lowest BCUT2D eigenvalue weighted by atomic mass is 10.2. The Hall–Kier alpha value is -2.51. The van der Waals surface area contributed by atoms with Crippen molar-refractivity contribution in [2.75, 3.05) is 26.0 Å². The summed E-state index contributed by atoms with van der Waals surface area (Å²) in [5.41, 5.74) is 4.10. The van der Waals surface area contributed by atoms with Gasteiger partial charge in [0.2, 0.25) is 0 Å². The molecule has 1 aromatic carbocycles. The van der Waals surface area contributed by atoms with E-state index in [4.69, 9.17) is 0 Å². The highest BCUT2D eigenvalue weighted by Crippen LogP contribution is 2.22. The molecule has 0 fully saturated rings. The number of hydrogen-bond acceptors (Lipinski definition) is 5. The van der Waals surface area contributed by atoms with Gasteiger partial charge >= 0.3 is 6.03 Å². The van der Waals surface area contributed by atoms with Crippen LogP contribution < -0.4 is 10.6 Å². The molecule has 0 aliphatic heterocycles. The van der Waals surface area contributed by atoms with E-state index in [1.807, 2.05) is 57.6 Å². The average Bonchev–Trinajstić information content (AvgIpc) is 3.10. The van der Waals surface area contributed by atoms with Gasteiger partial charge in [0.05, 0.1) is 28.5 Å². The van der Waals surface area contributed by atoms with E-state index in [9.17, 15) is 4.79 Å². The van der Waals surface area contributed by atoms with Gasteiger partial charge < -0.3 is 15.5 Å². The Bertz CT molecular complexity index is 908. The van der Waals surface area contributed by atoms with Crippen LogP contribution in [0.25, 0.3) is 11.0 Å². The monoisotopic (exact) mass is 369 g/mol. The highest BCUT2D eigenvalue weighted by Gasteiger charge is 2.16. The average molecular weight is 369 g/mol. The van der Waals surface area contributed by atoms with E-state index in [0.717, 1.165) is 22.4 Å². The van der Waals surface area contributed by atoms with Crippen LogP contribution in [0.2, 0.25) is 0 Å². The molecule has 0 unspecified atom stereocenters. The molecule has 3 rings (SSSR count). The van der Waals surface area contributed by atoms with Crippen molar-refractivity contribution in [2.45, 2.75) is 19.9 Å². The van der Waals surface area contributed by atoms with Crippen molar-refractivity contribution in [2.24, 2.45) is 0 Å². The third-order valence-electron chi connectivity index (χ3n) is 4.28. The molecule has 0 spiro atoms. The summed E-state index contributed by atoms with van der Waals surface area (Å²) >= 11 is 1.69. The largest absolute Gasteiger partial charge is 0.336 e. The predicted molar refractivity (Wildman–Crippen MR) is 107 cm³/mol. The lowest BCUT2D eigenvalue weighted by Gasteiger charge is -2.23. The fourth-order valence-electron chi connectivity index (χ4n) is 2.69. The molecule has 0 aliphatic rings. The van der Waals surface area contributed by atoms with Gasteiger partial charge in [-0.25, -0.2) is 14.8 Å².